The number of aliphatic hydroxyl groups is 1. The van der Waals surface area contributed by atoms with Crippen LogP contribution in [0.1, 0.15) is 19.3 Å². The highest BCUT2D eigenvalue weighted by molar-refractivity contribution is 4.60. The van der Waals surface area contributed by atoms with Crippen LogP contribution < -0.4 is 5.73 Å². The fourth-order valence-corrected chi connectivity index (χ4v) is 0.980. The van der Waals surface area contributed by atoms with Gasteiger partial charge in [0.2, 0.25) is 0 Å². The molecule has 0 aliphatic carbocycles. The Labute approximate surface area is 69.2 Å². The van der Waals surface area contributed by atoms with Gasteiger partial charge in [0.1, 0.15) is 0 Å². The van der Waals surface area contributed by atoms with E-state index in [2.05, 4.69) is 19.0 Å². The highest BCUT2D eigenvalue weighted by atomic mass is 16.3. The van der Waals surface area contributed by atoms with Crippen LogP contribution in [0.2, 0.25) is 0 Å². The zero-order chi connectivity index (χ0) is 8.69. The van der Waals surface area contributed by atoms with Gasteiger partial charge in [-0.3, -0.25) is 0 Å². The van der Waals surface area contributed by atoms with Crippen LogP contribution in [0, 0.1) is 0 Å². The Morgan fingerprint density at radius 3 is 2.45 bits per heavy atom. The maximum atomic E-state index is 8.55. The monoisotopic (exact) mass is 160 g/mol. The summed E-state index contributed by atoms with van der Waals surface area (Å²) in [6.07, 6.45) is 2.86. The van der Waals surface area contributed by atoms with E-state index in [1.54, 1.807) is 0 Å². The second kappa shape index (κ2) is 6.58. The summed E-state index contributed by atoms with van der Waals surface area (Å²) in [5.41, 5.74) is 5.69. The lowest BCUT2D eigenvalue weighted by atomic mass is 10.1. The summed E-state index contributed by atoms with van der Waals surface area (Å²) >= 11 is 0. The Kier molecular flexibility index (Phi) is 6.51. The topological polar surface area (TPSA) is 49.5 Å². The van der Waals surface area contributed by atoms with E-state index in [-0.39, 0.29) is 12.6 Å². The van der Waals surface area contributed by atoms with Gasteiger partial charge in [-0.1, -0.05) is 0 Å². The van der Waals surface area contributed by atoms with E-state index >= 15 is 0 Å². The van der Waals surface area contributed by atoms with Gasteiger partial charge < -0.3 is 15.7 Å². The molecule has 1 unspecified atom stereocenters. The number of nitrogens with two attached hydrogens (primary N) is 1. The molecule has 0 bridgehead atoms. The van der Waals surface area contributed by atoms with Gasteiger partial charge in [-0.2, -0.15) is 0 Å². The summed E-state index contributed by atoms with van der Waals surface area (Å²) in [5, 5.41) is 8.55. The molecule has 3 nitrogen and oxygen atoms in total. The lowest BCUT2D eigenvalue weighted by Crippen LogP contribution is -2.23. The summed E-state index contributed by atoms with van der Waals surface area (Å²) in [6.45, 7) is 1.29. The summed E-state index contributed by atoms with van der Waals surface area (Å²) in [5.74, 6) is 0. The predicted octanol–water partition coefficient (Wildman–Crippen LogP) is 0.0379. The number of nitrogens with zero attached hydrogens (tertiary/aromatic N) is 1. The fraction of sp³-hybridized carbons (Fsp3) is 1.00. The number of hydrogen-bond acceptors (Lipinski definition) is 3. The predicted molar refractivity (Wildman–Crippen MR) is 47.5 cm³/mol. The molecule has 0 rings (SSSR count). The fourth-order valence-electron chi connectivity index (χ4n) is 0.980. The average Bonchev–Trinajstić information content (AvgIpc) is 1.87. The van der Waals surface area contributed by atoms with E-state index in [4.69, 9.17) is 10.8 Å². The summed E-state index contributed by atoms with van der Waals surface area (Å²) in [7, 11) is 4.11. The first-order chi connectivity index (χ1) is 5.16. The van der Waals surface area contributed by atoms with Crippen molar-refractivity contribution in [2.45, 2.75) is 25.3 Å². The first kappa shape index (κ1) is 10.9. The smallest absolute Gasteiger partial charge is 0.0445 e. The summed E-state index contributed by atoms with van der Waals surface area (Å²) < 4.78 is 0. The number of aliphatic hydroxyl groups excluding tert-OH is 1. The molecule has 0 aromatic carbocycles. The minimum absolute atomic E-state index is 0.181. The molecule has 0 saturated heterocycles. The second-order valence-corrected chi connectivity index (χ2v) is 3.22. The highest BCUT2D eigenvalue weighted by Crippen LogP contribution is 1.98. The van der Waals surface area contributed by atoms with Crippen molar-refractivity contribution in [3.8, 4) is 0 Å². The van der Waals surface area contributed by atoms with Gasteiger partial charge in [-0.15, -0.1) is 0 Å². The molecule has 0 aliphatic rings. The lowest BCUT2D eigenvalue weighted by molar-refractivity contribution is 0.269. The third-order valence-corrected chi connectivity index (χ3v) is 1.68. The van der Waals surface area contributed by atoms with Gasteiger partial charge >= 0.3 is 0 Å². The zero-order valence-corrected chi connectivity index (χ0v) is 7.58. The maximum Gasteiger partial charge on any atom is 0.0445 e. The van der Waals surface area contributed by atoms with E-state index in [0.717, 1.165) is 25.8 Å². The van der Waals surface area contributed by atoms with Gasteiger partial charge in [-0.25, -0.2) is 0 Å². The molecule has 0 fully saturated rings. The van der Waals surface area contributed by atoms with Crippen molar-refractivity contribution in [1.29, 1.82) is 0 Å². The Bertz CT molecular complexity index is 86.2. The number of hydrogen-bond donors (Lipinski definition) is 2. The Morgan fingerprint density at radius 1 is 1.36 bits per heavy atom. The van der Waals surface area contributed by atoms with E-state index in [0.29, 0.717) is 0 Å². The Morgan fingerprint density at radius 2 is 2.00 bits per heavy atom. The van der Waals surface area contributed by atoms with Crippen LogP contribution in [-0.2, 0) is 0 Å². The molecule has 0 heterocycles. The van der Waals surface area contributed by atoms with Crippen molar-refractivity contribution < 1.29 is 5.11 Å². The molecule has 68 valence electrons. The van der Waals surface area contributed by atoms with Crippen LogP contribution in [0.3, 0.4) is 0 Å². The standard InChI is InChI=1S/C8H20N2O/c1-10(2)6-3-4-8(9)5-7-11/h8,11H,3-7,9H2,1-2H3. The molecular weight excluding hydrogens is 140 g/mol. The molecule has 0 amide bonds. The molecule has 0 aromatic heterocycles. The normalized spacial score (nSPS) is 13.9. The molecule has 0 spiro atoms. The molecule has 0 aliphatic heterocycles. The van der Waals surface area contributed by atoms with Crippen molar-refractivity contribution in [3.63, 3.8) is 0 Å². The average molecular weight is 160 g/mol. The van der Waals surface area contributed by atoms with Gasteiger partial charge in [0.15, 0.2) is 0 Å². The first-order valence-corrected chi connectivity index (χ1v) is 4.18. The SMILES string of the molecule is CN(C)CCCC(N)CCO. The van der Waals surface area contributed by atoms with E-state index in [1.807, 2.05) is 0 Å². The van der Waals surface area contributed by atoms with Gasteiger partial charge in [0.25, 0.3) is 0 Å². The van der Waals surface area contributed by atoms with Crippen LogP contribution in [0.5, 0.6) is 0 Å². The summed E-state index contributed by atoms with van der Waals surface area (Å²) in [6, 6.07) is 0.181. The van der Waals surface area contributed by atoms with Crippen LogP contribution in [-0.4, -0.2) is 43.3 Å². The zero-order valence-electron chi connectivity index (χ0n) is 7.58. The molecular formula is C8H20N2O. The van der Waals surface area contributed by atoms with E-state index in [9.17, 15) is 0 Å². The van der Waals surface area contributed by atoms with Crippen LogP contribution in [0.25, 0.3) is 0 Å². The molecule has 11 heavy (non-hydrogen) atoms. The van der Waals surface area contributed by atoms with Crippen molar-refractivity contribution >= 4 is 0 Å². The van der Waals surface area contributed by atoms with Crippen molar-refractivity contribution in [3.05, 3.63) is 0 Å². The van der Waals surface area contributed by atoms with Gasteiger partial charge in [0.05, 0.1) is 0 Å². The third kappa shape index (κ3) is 7.78. The van der Waals surface area contributed by atoms with E-state index < -0.39 is 0 Å². The molecule has 3 heteroatoms. The van der Waals surface area contributed by atoms with Crippen molar-refractivity contribution in [1.82, 2.24) is 4.90 Å². The van der Waals surface area contributed by atoms with E-state index in [1.165, 1.54) is 0 Å². The second-order valence-electron chi connectivity index (χ2n) is 3.22. The highest BCUT2D eigenvalue weighted by Gasteiger charge is 2.00. The lowest BCUT2D eigenvalue weighted by Gasteiger charge is -2.12. The first-order valence-electron chi connectivity index (χ1n) is 4.18. The molecule has 0 saturated carbocycles. The van der Waals surface area contributed by atoms with Crippen LogP contribution in [0.4, 0.5) is 0 Å². The minimum atomic E-state index is 0.181. The van der Waals surface area contributed by atoms with Gasteiger partial charge in [0, 0.05) is 12.6 Å². The van der Waals surface area contributed by atoms with Crippen LogP contribution in [0.15, 0.2) is 0 Å². The molecule has 1 atom stereocenters. The van der Waals surface area contributed by atoms with Crippen molar-refractivity contribution in [2.24, 2.45) is 5.73 Å². The number of rotatable bonds is 6. The van der Waals surface area contributed by atoms with Gasteiger partial charge in [-0.05, 0) is 39.9 Å². The molecule has 3 N–H and O–H groups in total. The molecule has 0 aromatic rings. The minimum Gasteiger partial charge on any atom is -0.396 e. The van der Waals surface area contributed by atoms with Crippen LogP contribution >= 0.6 is 0 Å². The Hall–Kier alpha value is -0.120. The maximum absolute atomic E-state index is 8.55. The molecule has 0 radical (unpaired) electrons. The van der Waals surface area contributed by atoms with Crippen molar-refractivity contribution in [2.75, 3.05) is 27.2 Å². The quantitative estimate of drug-likeness (QED) is 0.576. The Balaban J connectivity index is 3.10. The largest absolute Gasteiger partial charge is 0.396 e. The third-order valence-electron chi connectivity index (χ3n) is 1.68. The summed E-state index contributed by atoms with van der Waals surface area (Å²) in [4.78, 5) is 2.14.